The van der Waals surface area contributed by atoms with E-state index in [1.807, 2.05) is 50.2 Å². The monoisotopic (exact) mass is 381 g/mol. The predicted molar refractivity (Wildman–Crippen MR) is 85.7 cm³/mol. The van der Waals surface area contributed by atoms with Crippen LogP contribution in [0.5, 0.6) is 0 Å². The zero-order chi connectivity index (χ0) is 14.0. The van der Waals surface area contributed by atoms with E-state index in [-0.39, 0.29) is 5.91 Å². The zero-order valence-corrected chi connectivity index (χ0v) is 13.8. The Morgan fingerprint density at radius 2 is 1.79 bits per heavy atom. The molecule has 0 aliphatic rings. The van der Waals surface area contributed by atoms with Crippen molar-refractivity contribution in [3.63, 3.8) is 0 Å². The minimum atomic E-state index is -0.0967. The highest BCUT2D eigenvalue weighted by Gasteiger charge is 2.10. The van der Waals surface area contributed by atoms with Crippen molar-refractivity contribution in [1.29, 1.82) is 0 Å². The molecule has 4 heteroatoms. The molecule has 0 radical (unpaired) electrons. The van der Waals surface area contributed by atoms with Gasteiger partial charge in [-0.25, -0.2) is 0 Å². The Hall–Kier alpha value is -1.13. The number of amides is 1. The Balaban J connectivity index is 2.25. The SMILES string of the molecule is Cc1ccc(C(=O)Nc2ccc(Br)cc2Br)c(C)c1. The van der Waals surface area contributed by atoms with Crippen LogP contribution in [-0.2, 0) is 0 Å². The van der Waals surface area contributed by atoms with E-state index in [2.05, 4.69) is 37.2 Å². The second-order valence-electron chi connectivity index (χ2n) is 4.40. The van der Waals surface area contributed by atoms with Crippen LogP contribution in [0.2, 0.25) is 0 Å². The Kier molecular flexibility index (Phi) is 4.42. The fourth-order valence-corrected chi connectivity index (χ4v) is 3.00. The van der Waals surface area contributed by atoms with Gasteiger partial charge in [0.25, 0.3) is 5.91 Å². The Morgan fingerprint density at radius 3 is 2.42 bits per heavy atom. The molecule has 2 rings (SSSR count). The van der Waals surface area contributed by atoms with Gasteiger partial charge in [-0.2, -0.15) is 0 Å². The van der Waals surface area contributed by atoms with Gasteiger partial charge in [0.05, 0.1) is 5.69 Å². The number of halogens is 2. The van der Waals surface area contributed by atoms with E-state index in [0.717, 1.165) is 25.8 Å². The van der Waals surface area contributed by atoms with Crippen LogP contribution in [0.15, 0.2) is 45.3 Å². The summed E-state index contributed by atoms with van der Waals surface area (Å²) in [5, 5.41) is 2.91. The molecule has 0 aliphatic heterocycles. The number of rotatable bonds is 2. The number of aryl methyl sites for hydroxylation is 2. The molecule has 2 nitrogen and oxygen atoms in total. The number of carbonyl (C=O) groups excluding carboxylic acids is 1. The number of carbonyl (C=O) groups is 1. The van der Waals surface area contributed by atoms with E-state index >= 15 is 0 Å². The molecule has 2 aromatic carbocycles. The van der Waals surface area contributed by atoms with Gasteiger partial charge in [0.15, 0.2) is 0 Å². The van der Waals surface area contributed by atoms with Gasteiger partial charge in [-0.1, -0.05) is 33.6 Å². The summed E-state index contributed by atoms with van der Waals surface area (Å²) in [6.07, 6.45) is 0. The van der Waals surface area contributed by atoms with Crippen molar-refractivity contribution in [3.8, 4) is 0 Å². The van der Waals surface area contributed by atoms with Gasteiger partial charge in [0, 0.05) is 14.5 Å². The van der Waals surface area contributed by atoms with Crippen molar-refractivity contribution in [3.05, 3.63) is 62.0 Å². The van der Waals surface area contributed by atoms with Crippen molar-refractivity contribution in [1.82, 2.24) is 0 Å². The lowest BCUT2D eigenvalue weighted by Gasteiger charge is -2.10. The fourth-order valence-electron chi connectivity index (χ4n) is 1.85. The lowest BCUT2D eigenvalue weighted by atomic mass is 10.1. The first-order chi connectivity index (χ1) is 8.97. The van der Waals surface area contributed by atoms with Gasteiger partial charge < -0.3 is 5.32 Å². The first-order valence-electron chi connectivity index (χ1n) is 5.81. The highest BCUT2D eigenvalue weighted by molar-refractivity contribution is 9.11. The summed E-state index contributed by atoms with van der Waals surface area (Å²) in [4.78, 5) is 12.2. The van der Waals surface area contributed by atoms with Gasteiger partial charge in [-0.15, -0.1) is 0 Å². The average molecular weight is 383 g/mol. The van der Waals surface area contributed by atoms with E-state index < -0.39 is 0 Å². The van der Waals surface area contributed by atoms with Gasteiger partial charge in [0.1, 0.15) is 0 Å². The third-order valence-electron chi connectivity index (χ3n) is 2.81. The lowest BCUT2D eigenvalue weighted by molar-refractivity contribution is 0.102. The van der Waals surface area contributed by atoms with Gasteiger partial charge >= 0.3 is 0 Å². The smallest absolute Gasteiger partial charge is 0.255 e. The third kappa shape index (κ3) is 3.45. The van der Waals surface area contributed by atoms with Crippen molar-refractivity contribution in [2.24, 2.45) is 0 Å². The summed E-state index contributed by atoms with van der Waals surface area (Å²) >= 11 is 6.82. The second-order valence-corrected chi connectivity index (χ2v) is 6.17. The largest absolute Gasteiger partial charge is 0.321 e. The Bertz CT molecular complexity index is 638. The van der Waals surface area contributed by atoms with E-state index in [9.17, 15) is 4.79 Å². The molecule has 98 valence electrons. The standard InChI is InChI=1S/C15H13Br2NO/c1-9-3-5-12(10(2)7-9)15(19)18-14-6-4-11(16)8-13(14)17/h3-8H,1-2H3,(H,18,19). The molecule has 2 aromatic rings. The van der Waals surface area contributed by atoms with Crippen LogP contribution in [-0.4, -0.2) is 5.91 Å². The second kappa shape index (κ2) is 5.88. The summed E-state index contributed by atoms with van der Waals surface area (Å²) in [6.45, 7) is 3.96. The maximum absolute atomic E-state index is 12.2. The summed E-state index contributed by atoms with van der Waals surface area (Å²) in [5.74, 6) is -0.0967. The average Bonchev–Trinajstić information content (AvgIpc) is 2.32. The zero-order valence-electron chi connectivity index (χ0n) is 10.6. The number of anilines is 1. The highest BCUT2D eigenvalue weighted by Crippen LogP contribution is 2.26. The number of hydrogen-bond acceptors (Lipinski definition) is 1. The van der Waals surface area contributed by atoms with Crippen molar-refractivity contribution >= 4 is 43.5 Å². The third-order valence-corrected chi connectivity index (χ3v) is 3.96. The quantitative estimate of drug-likeness (QED) is 0.770. The van der Waals surface area contributed by atoms with E-state index in [1.54, 1.807) is 0 Å². The molecular formula is C15H13Br2NO. The molecule has 0 heterocycles. The Labute approximate surface area is 129 Å². The van der Waals surface area contributed by atoms with Gasteiger partial charge in [-0.05, 0) is 59.6 Å². The molecule has 0 bridgehead atoms. The van der Waals surface area contributed by atoms with Crippen LogP contribution in [0.3, 0.4) is 0 Å². The Morgan fingerprint density at radius 1 is 1.05 bits per heavy atom. The number of hydrogen-bond donors (Lipinski definition) is 1. The summed E-state index contributed by atoms with van der Waals surface area (Å²) < 4.78 is 1.81. The van der Waals surface area contributed by atoms with E-state index in [4.69, 9.17) is 0 Å². The highest BCUT2D eigenvalue weighted by atomic mass is 79.9. The maximum atomic E-state index is 12.2. The van der Waals surface area contributed by atoms with Crippen LogP contribution >= 0.6 is 31.9 Å². The molecular weight excluding hydrogens is 370 g/mol. The first-order valence-corrected chi connectivity index (χ1v) is 7.39. The molecule has 0 unspecified atom stereocenters. The van der Waals surface area contributed by atoms with Crippen molar-refractivity contribution in [2.45, 2.75) is 13.8 Å². The van der Waals surface area contributed by atoms with E-state index in [0.29, 0.717) is 5.56 Å². The molecule has 0 saturated carbocycles. The topological polar surface area (TPSA) is 29.1 Å². The fraction of sp³-hybridized carbons (Fsp3) is 0.133. The van der Waals surface area contributed by atoms with Crippen LogP contribution in [0.4, 0.5) is 5.69 Å². The normalized spacial score (nSPS) is 10.3. The van der Waals surface area contributed by atoms with Crippen LogP contribution < -0.4 is 5.32 Å². The lowest BCUT2D eigenvalue weighted by Crippen LogP contribution is -2.13. The summed E-state index contributed by atoms with van der Waals surface area (Å²) in [6, 6.07) is 11.5. The number of nitrogens with one attached hydrogen (secondary N) is 1. The molecule has 0 aromatic heterocycles. The van der Waals surface area contributed by atoms with Crippen LogP contribution in [0.25, 0.3) is 0 Å². The molecule has 0 saturated heterocycles. The number of benzene rings is 2. The molecule has 1 amide bonds. The summed E-state index contributed by atoms with van der Waals surface area (Å²) in [7, 11) is 0. The van der Waals surface area contributed by atoms with E-state index in [1.165, 1.54) is 0 Å². The van der Waals surface area contributed by atoms with Gasteiger partial charge in [0.2, 0.25) is 0 Å². The molecule has 0 spiro atoms. The molecule has 1 N–H and O–H groups in total. The first kappa shape index (κ1) is 14.3. The summed E-state index contributed by atoms with van der Waals surface area (Å²) in [5.41, 5.74) is 3.58. The van der Waals surface area contributed by atoms with Gasteiger partial charge in [-0.3, -0.25) is 4.79 Å². The molecule has 19 heavy (non-hydrogen) atoms. The van der Waals surface area contributed by atoms with Crippen LogP contribution in [0, 0.1) is 13.8 Å². The maximum Gasteiger partial charge on any atom is 0.255 e. The van der Waals surface area contributed by atoms with Crippen molar-refractivity contribution < 1.29 is 4.79 Å². The molecule has 0 aliphatic carbocycles. The minimum Gasteiger partial charge on any atom is -0.321 e. The predicted octanol–water partition coefficient (Wildman–Crippen LogP) is 5.08. The minimum absolute atomic E-state index is 0.0967. The molecule has 0 atom stereocenters. The van der Waals surface area contributed by atoms with Crippen molar-refractivity contribution in [2.75, 3.05) is 5.32 Å². The van der Waals surface area contributed by atoms with Crippen LogP contribution in [0.1, 0.15) is 21.5 Å². The molecule has 0 fully saturated rings.